The van der Waals surface area contributed by atoms with Crippen LogP contribution in [0.1, 0.15) is 13.3 Å². The van der Waals surface area contributed by atoms with Gasteiger partial charge in [-0.2, -0.15) is 15.1 Å². The molecule has 1 saturated heterocycles. The van der Waals surface area contributed by atoms with Gasteiger partial charge in [0.15, 0.2) is 5.65 Å². The number of aromatic nitrogens is 4. The number of nitrogens with zero attached hydrogens (tertiary/aromatic N) is 5. The molecule has 8 nitrogen and oxygen atoms in total. The molecule has 0 aromatic carbocycles. The van der Waals surface area contributed by atoms with Crippen LogP contribution in [0.15, 0.2) is 6.20 Å². The zero-order valence-electron chi connectivity index (χ0n) is 12.3. The molecule has 1 amide bonds. The van der Waals surface area contributed by atoms with Crippen LogP contribution >= 0.6 is 0 Å². The van der Waals surface area contributed by atoms with Gasteiger partial charge in [-0.25, -0.2) is 0 Å². The molecule has 3 heterocycles. The maximum absolute atomic E-state index is 12.1. The summed E-state index contributed by atoms with van der Waals surface area (Å²) in [6.45, 7) is 4.62. The van der Waals surface area contributed by atoms with Crippen molar-refractivity contribution in [2.45, 2.75) is 13.3 Å². The largest absolute Gasteiger partial charge is 0.354 e. The summed E-state index contributed by atoms with van der Waals surface area (Å²) in [5.74, 6) is 1.41. The highest BCUT2D eigenvalue weighted by atomic mass is 16.2. The molecule has 8 heteroatoms. The van der Waals surface area contributed by atoms with Crippen molar-refractivity contribution >= 4 is 28.7 Å². The smallest absolute Gasteiger partial charge is 0.241 e. The number of nitrogens with one attached hydrogen (secondary N) is 2. The van der Waals surface area contributed by atoms with Crippen molar-refractivity contribution in [3.63, 3.8) is 0 Å². The number of hydrogen-bond donors (Lipinski definition) is 2. The SMILES string of the molecule is CCNc1nc(N2CCCN(C)C(=O)C2)c2cn[nH]c2n1. The van der Waals surface area contributed by atoms with E-state index in [9.17, 15) is 4.79 Å². The molecule has 21 heavy (non-hydrogen) atoms. The first-order valence-electron chi connectivity index (χ1n) is 7.13. The van der Waals surface area contributed by atoms with Crippen molar-refractivity contribution in [3.8, 4) is 0 Å². The first-order chi connectivity index (χ1) is 10.2. The predicted octanol–water partition coefficient (Wildman–Crippen LogP) is 0.453. The summed E-state index contributed by atoms with van der Waals surface area (Å²) in [6.07, 6.45) is 2.63. The van der Waals surface area contributed by atoms with Crippen LogP contribution in [-0.4, -0.2) is 64.2 Å². The second-order valence-electron chi connectivity index (χ2n) is 5.12. The highest BCUT2D eigenvalue weighted by Crippen LogP contribution is 2.24. The van der Waals surface area contributed by atoms with Gasteiger partial charge in [0.25, 0.3) is 0 Å². The van der Waals surface area contributed by atoms with Crippen LogP contribution in [0.25, 0.3) is 11.0 Å². The van der Waals surface area contributed by atoms with Crippen LogP contribution in [0.3, 0.4) is 0 Å². The van der Waals surface area contributed by atoms with Crippen LogP contribution in [0, 0.1) is 0 Å². The molecule has 0 unspecified atom stereocenters. The molecule has 0 saturated carbocycles. The third-order valence-corrected chi connectivity index (χ3v) is 3.60. The average molecular weight is 289 g/mol. The van der Waals surface area contributed by atoms with Crippen LogP contribution in [0.5, 0.6) is 0 Å². The molecule has 2 N–H and O–H groups in total. The van der Waals surface area contributed by atoms with Gasteiger partial charge in [-0.3, -0.25) is 9.89 Å². The molecule has 0 atom stereocenters. The Labute approximate surface area is 122 Å². The number of anilines is 2. The van der Waals surface area contributed by atoms with Gasteiger partial charge in [0.2, 0.25) is 11.9 Å². The molecule has 0 bridgehead atoms. The Morgan fingerprint density at radius 2 is 2.24 bits per heavy atom. The fourth-order valence-corrected chi connectivity index (χ4v) is 2.47. The van der Waals surface area contributed by atoms with Crippen LogP contribution in [-0.2, 0) is 4.79 Å². The molecular weight excluding hydrogens is 270 g/mol. The summed E-state index contributed by atoms with van der Waals surface area (Å²) in [5.41, 5.74) is 0.681. The summed E-state index contributed by atoms with van der Waals surface area (Å²) < 4.78 is 0. The molecule has 3 rings (SSSR count). The first kappa shape index (κ1) is 13.6. The molecule has 0 aliphatic carbocycles. The minimum Gasteiger partial charge on any atom is -0.354 e. The molecule has 1 aliphatic rings. The van der Waals surface area contributed by atoms with Crippen molar-refractivity contribution < 1.29 is 4.79 Å². The number of carbonyl (C=O) groups is 1. The predicted molar refractivity (Wildman–Crippen MR) is 80.3 cm³/mol. The Morgan fingerprint density at radius 1 is 1.38 bits per heavy atom. The number of H-pyrrole nitrogens is 1. The molecule has 0 spiro atoms. The van der Waals surface area contributed by atoms with Crippen LogP contribution < -0.4 is 10.2 Å². The van der Waals surface area contributed by atoms with E-state index in [0.717, 1.165) is 37.3 Å². The van der Waals surface area contributed by atoms with Crippen molar-refractivity contribution in [3.05, 3.63) is 6.20 Å². The highest BCUT2D eigenvalue weighted by molar-refractivity contribution is 5.90. The third kappa shape index (κ3) is 2.61. The second-order valence-corrected chi connectivity index (χ2v) is 5.12. The van der Waals surface area contributed by atoms with Crippen LogP contribution in [0.4, 0.5) is 11.8 Å². The lowest BCUT2D eigenvalue weighted by molar-refractivity contribution is -0.127. The summed E-state index contributed by atoms with van der Waals surface area (Å²) in [5, 5.41) is 10.9. The zero-order chi connectivity index (χ0) is 14.8. The molecule has 2 aromatic heterocycles. The minimum absolute atomic E-state index is 0.104. The fraction of sp³-hybridized carbons (Fsp3) is 0.538. The van der Waals surface area contributed by atoms with E-state index < -0.39 is 0 Å². The zero-order valence-corrected chi connectivity index (χ0v) is 12.3. The van der Waals surface area contributed by atoms with Gasteiger partial charge in [-0.15, -0.1) is 0 Å². The van der Waals surface area contributed by atoms with Crippen molar-refractivity contribution in [1.82, 2.24) is 25.1 Å². The fourth-order valence-electron chi connectivity index (χ4n) is 2.47. The second kappa shape index (κ2) is 5.55. The van der Waals surface area contributed by atoms with E-state index in [4.69, 9.17) is 0 Å². The van der Waals surface area contributed by atoms with Gasteiger partial charge < -0.3 is 15.1 Å². The van der Waals surface area contributed by atoms with E-state index in [1.807, 2.05) is 18.9 Å². The van der Waals surface area contributed by atoms with Gasteiger partial charge in [0, 0.05) is 26.7 Å². The van der Waals surface area contributed by atoms with Gasteiger partial charge >= 0.3 is 0 Å². The molecular formula is C13H19N7O. The Hall–Kier alpha value is -2.38. The molecule has 112 valence electrons. The minimum atomic E-state index is 0.104. The van der Waals surface area contributed by atoms with E-state index in [-0.39, 0.29) is 5.91 Å². The normalized spacial score (nSPS) is 16.4. The molecule has 0 radical (unpaired) electrons. The van der Waals surface area contributed by atoms with Crippen molar-refractivity contribution in [1.29, 1.82) is 0 Å². The van der Waals surface area contributed by atoms with Gasteiger partial charge in [-0.05, 0) is 13.3 Å². The summed E-state index contributed by atoms with van der Waals surface area (Å²) in [7, 11) is 1.84. The Kier molecular flexibility index (Phi) is 3.59. The Morgan fingerprint density at radius 3 is 3.05 bits per heavy atom. The Balaban J connectivity index is 2.01. The van der Waals surface area contributed by atoms with E-state index in [1.165, 1.54) is 0 Å². The standard InChI is InChI=1S/C13H19N7O/c1-3-14-13-16-11-9(7-15-18-11)12(17-13)20-6-4-5-19(2)10(21)8-20/h7H,3-6,8H2,1-2H3,(H2,14,15,16,17,18). The molecule has 2 aromatic rings. The average Bonchev–Trinajstić information content (AvgIpc) is 2.87. The van der Waals surface area contributed by atoms with E-state index in [2.05, 4.69) is 25.5 Å². The lowest BCUT2D eigenvalue weighted by Crippen LogP contribution is -2.34. The van der Waals surface area contributed by atoms with Crippen LogP contribution in [0.2, 0.25) is 0 Å². The topological polar surface area (TPSA) is 90.0 Å². The van der Waals surface area contributed by atoms with E-state index in [1.54, 1.807) is 11.1 Å². The third-order valence-electron chi connectivity index (χ3n) is 3.60. The van der Waals surface area contributed by atoms with Gasteiger partial charge in [0.1, 0.15) is 5.82 Å². The van der Waals surface area contributed by atoms with Gasteiger partial charge in [0.05, 0.1) is 18.1 Å². The summed E-state index contributed by atoms with van der Waals surface area (Å²) >= 11 is 0. The van der Waals surface area contributed by atoms with E-state index in [0.29, 0.717) is 18.1 Å². The number of carbonyl (C=O) groups excluding carboxylic acids is 1. The van der Waals surface area contributed by atoms with Gasteiger partial charge in [-0.1, -0.05) is 0 Å². The quantitative estimate of drug-likeness (QED) is 0.853. The maximum atomic E-state index is 12.1. The van der Waals surface area contributed by atoms with E-state index >= 15 is 0 Å². The lowest BCUT2D eigenvalue weighted by atomic mass is 10.3. The van der Waals surface area contributed by atoms with Crippen molar-refractivity contribution in [2.75, 3.05) is 43.4 Å². The molecule has 1 fully saturated rings. The highest BCUT2D eigenvalue weighted by Gasteiger charge is 2.22. The molecule has 1 aliphatic heterocycles. The number of rotatable bonds is 3. The Bertz CT molecular complexity index is 653. The maximum Gasteiger partial charge on any atom is 0.241 e. The number of amides is 1. The number of hydrogen-bond acceptors (Lipinski definition) is 6. The summed E-state index contributed by atoms with van der Waals surface area (Å²) in [4.78, 5) is 24.8. The number of fused-ring (bicyclic) bond motifs is 1. The summed E-state index contributed by atoms with van der Waals surface area (Å²) in [6, 6.07) is 0. The first-order valence-corrected chi connectivity index (χ1v) is 7.13. The monoisotopic (exact) mass is 289 g/mol. The number of likely N-dealkylation sites (N-methyl/N-ethyl adjacent to an activating group) is 1. The lowest BCUT2D eigenvalue weighted by Gasteiger charge is -2.21. The number of aromatic amines is 1. The van der Waals surface area contributed by atoms with Crippen molar-refractivity contribution in [2.24, 2.45) is 0 Å².